The van der Waals surface area contributed by atoms with E-state index in [-0.39, 0.29) is 18.1 Å². The summed E-state index contributed by atoms with van der Waals surface area (Å²) < 4.78 is 5.02. The van der Waals surface area contributed by atoms with Crippen molar-refractivity contribution in [3.8, 4) is 5.69 Å². The molecule has 4 heteroatoms. The third-order valence-electron chi connectivity index (χ3n) is 11.0. The number of benzene rings is 5. The molecule has 2 aromatic heterocycles. The number of nitrogens with zero attached hydrogens (tertiary/aromatic N) is 3. The zero-order valence-corrected chi connectivity index (χ0v) is 27.5. The van der Waals surface area contributed by atoms with Gasteiger partial charge in [0.2, 0.25) is 0 Å². The maximum Gasteiger partial charge on any atom is 0.108 e. The predicted molar refractivity (Wildman–Crippen MR) is 205 cm³/mol. The summed E-state index contributed by atoms with van der Waals surface area (Å²) in [5.41, 5.74) is 16.8. The first-order valence-corrected chi connectivity index (χ1v) is 17.6. The summed E-state index contributed by atoms with van der Waals surface area (Å²) in [6.45, 7) is 2.34. The normalized spacial score (nSPS) is 22.0. The Balaban J connectivity index is 1.12. The molecule has 3 aliphatic carbocycles. The lowest BCUT2D eigenvalue weighted by molar-refractivity contribution is 0.502. The molecule has 1 saturated carbocycles. The third-order valence-corrected chi connectivity index (χ3v) is 11.0. The minimum Gasteiger partial charge on any atom is -0.333 e. The van der Waals surface area contributed by atoms with Gasteiger partial charge >= 0.3 is 0 Å². The van der Waals surface area contributed by atoms with Crippen LogP contribution < -0.4 is 10.6 Å². The van der Waals surface area contributed by atoms with Gasteiger partial charge in [0.15, 0.2) is 0 Å². The number of allylic oxidation sites excluding steroid dienone is 5. The van der Waals surface area contributed by atoms with Gasteiger partial charge in [-0.1, -0.05) is 116 Å². The van der Waals surface area contributed by atoms with Crippen LogP contribution in [0.15, 0.2) is 169 Å². The summed E-state index contributed by atoms with van der Waals surface area (Å²) in [5, 5.41) is 5.13. The second kappa shape index (κ2) is 11.0. The zero-order valence-electron chi connectivity index (χ0n) is 27.5. The van der Waals surface area contributed by atoms with Gasteiger partial charge in [-0.05, 0) is 78.3 Å². The molecule has 3 aliphatic rings. The molecule has 238 valence electrons. The van der Waals surface area contributed by atoms with Crippen LogP contribution in [0.3, 0.4) is 0 Å². The largest absolute Gasteiger partial charge is 0.333 e. The Morgan fingerprint density at radius 2 is 1.37 bits per heavy atom. The quantitative estimate of drug-likeness (QED) is 0.185. The van der Waals surface area contributed by atoms with E-state index in [1.54, 1.807) is 0 Å². The summed E-state index contributed by atoms with van der Waals surface area (Å²) >= 11 is 0. The molecule has 49 heavy (non-hydrogen) atoms. The maximum atomic E-state index is 7.22. The van der Waals surface area contributed by atoms with E-state index in [4.69, 9.17) is 5.73 Å². The first-order chi connectivity index (χ1) is 24.2. The highest BCUT2D eigenvalue weighted by atomic mass is 15.2. The predicted octanol–water partition coefficient (Wildman–Crippen LogP) is 10.4. The molecule has 2 N–H and O–H groups in total. The molecule has 5 aromatic carbocycles. The molecule has 0 aliphatic heterocycles. The van der Waals surface area contributed by atoms with E-state index in [2.05, 4.69) is 179 Å². The van der Waals surface area contributed by atoms with Gasteiger partial charge in [-0.2, -0.15) is 0 Å². The van der Waals surface area contributed by atoms with Crippen molar-refractivity contribution in [1.82, 2.24) is 9.13 Å². The van der Waals surface area contributed by atoms with Crippen LogP contribution >= 0.6 is 0 Å². The smallest absolute Gasteiger partial charge is 0.108 e. The molecule has 5 atom stereocenters. The second-order valence-electron chi connectivity index (χ2n) is 14.0. The van der Waals surface area contributed by atoms with E-state index in [1.807, 2.05) is 0 Å². The first-order valence-electron chi connectivity index (χ1n) is 17.6. The van der Waals surface area contributed by atoms with Crippen molar-refractivity contribution in [3.05, 3.63) is 169 Å². The van der Waals surface area contributed by atoms with E-state index >= 15 is 0 Å². The van der Waals surface area contributed by atoms with Crippen molar-refractivity contribution in [3.63, 3.8) is 0 Å². The first kappa shape index (κ1) is 28.4. The van der Waals surface area contributed by atoms with Crippen molar-refractivity contribution in [2.75, 3.05) is 4.90 Å². The molecule has 4 nitrogen and oxygen atoms in total. The maximum absolute atomic E-state index is 7.22. The van der Waals surface area contributed by atoms with Gasteiger partial charge in [0.05, 0.1) is 22.6 Å². The summed E-state index contributed by atoms with van der Waals surface area (Å²) in [4.78, 5) is 2.31. The van der Waals surface area contributed by atoms with Crippen LogP contribution in [0.1, 0.15) is 19.4 Å². The molecule has 0 bridgehead atoms. The Labute approximate surface area is 286 Å². The molecular weight excluding hydrogens is 597 g/mol. The van der Waals surface area contributed by atoms with Gasteiger partial charge in [0.25, 0.3) is 0 Å². The van der Waals surface area contributed by atoms with Gasteiger partial charge in [0.1, 0.15) is 6.17 Å². The number of aromatic nitrogens is 2. The number of anilines is 1. The highest BCUT2D eigenvalue weighted by Gasteiger charge is 2.37. The standard InChI is InChI=1S/C45H38N4/c1-29-26-31(45(46)47(33-12-4-2-5-13-33)35-22-20-30-27-32(30)28-35)21-24-39(29)49-41-19-11-9-17-38(41)43-42(49)25-23-37-36-16-8-10-18-40(36)48(44(37)43)34-14-6-3-7-15-34/h2-26,28-30,32,39,45H,27,46H2,1H3. The fraction of sp³-hybridized carbons (Fsp3) is 0.156. The Morgan fingerprint density at radius 1 is 0.653 bits per heavy atom. The van der Waals surface area contributed by atoms with E-state index in [0.29, 0.717) is 11.8 Å². The van der Waals surface area contributed by atoms with Crippen LogP contribution in [0, 0.1) is 17.8 Å². The molecule has 5 unspecified atom stereocenters. The van der Waals surface area contributed by atoms with E-state index in [9.17, 15) is 0 Å². The SMILES string of the molecule is CC1C=C(C(N)N(C2=CC3CC3C=C2)c2ccccc2)C=CC1n1c2ccccc2c2c3c(ccc21)c1ccccc1n3-c1ccccc1. The van der Waals surface area contributed by atoms with E-state index < -0.39 is 0 Å². The molecule has 0 spiro atoms. The number of nitrogens with two attached hydrogens (primary N) is 1. The van der Waals surface area contributed by atoms with Crippen LogP contribution in [0.25, 0.3) is 49.3 Å². The van der Waals surface area contributed by atoms with Crippen molar-refractivity contribution in [1.29, 1.82) is 0 Å². The highest BCUT2D eigenvalue weighted by Crippen LogP contribution is 2.46. The van der Waals surface area contributed by atoms with Crippen LogP contribution in [0.4, 0.5) is 5.69 Å². The van der Waals surface area contributed by atoms with Gasteiger partial charge in [-0.25, -0.2) is 0 Å². The summed E-state index contributed by atoms with van der Waals surface area (Å²) in [5.74, 6) is 1.57. The minimum absolute atomic E-state index is 0.136. The van der Waals surface area contributed by atoms with E-state index in [0.717, 1.165) is 11.3 Å². The third kappa shape index (κ3) is 4.41. The molecule has 2 heterocycles. The van der Waals surface area contributed by atoms with Crippen LogP contribution in [-0.2, 0) is 0 Å². The number of fused-ring (bicyclic) bond motifs is 8. The Kier molecular flexibility index (Phi) is 6.37. The van der Waals surface area contributed by atoms with Crippen molar-refractivity contribution in [2.24, 2.45) is 23.5 Å². The zero-order chi connectivity index (χ0) is 32.6. The fourth-order valence-electron chi connectivity index (χ4n) is 8.58. The van der Waals surface area contributed by atoms with Crippen LogP contribution in [0.5, 0.6) is 0 Å². The topological polar surface area (TPSA) is 39.1 Å². The average Bonchev–Trinajstić information content (AvgIpc) is 3.75. The van der Waals surface area contributed by atoms with Crippen LogP contribution in [-0.4, -0.2) is 15.3 Å². The van der Waals surface area contributed by atoms with Gasteiger partial charge in [0, 0.05) is 44.1 Å². The Hall–Kier alpha value is -5.58. The number of hydrogen-bond donors (Lipinski definition) is 1. The van der Waals surface area contributed by atoms with Crippen molar-refractivity contribution < 1.29 is 0 Å². The molecule has 0 radical (unpaired) electrons. The summed E-state index contributed by atoms with van der Waals surface area (Å²) in [6.07, 6.45) is 15.1. The second-order valence-corrected chi connectivity index (χ2v) is 14.0. The Morgan fingerprint density at radius 3 is 2.14 bits per heavy atom. The number of rotatable bonds is 6. The van der Waals surface area contributed by atoms with Gasteiger partial charge in [-0.15, -0.1) is 0 Å². The van der Waals surface area contributed by atoms with Crippen LogP contribution in [0.2, 0.25) is 0 Å². The lowest BCUT2D eigenvalue weighted by Gasteiger charge is -2.36. The minimum atomic E-state index is -0.299. The molecule has 0 saturated heterocycles. The Bertz CT molecular complexity index is 2530. The van der Waals surface area contributed by atoms with E-state index in [1.165, 1.54) is 61.4 Å². The summed E-state index contributed by atoms with van der Waals surface area (Å²) in [7, 11) is 0. The van der Waals surface area contributed by atoms with Crippen molar-refractivity contribution in [2.45, 2.75) is 25.6 Å². The molecule has 7 aromatic rings. The molecule has 0 amide bonds. The molecular formula is C45H38N4. The molecule has 1 fully saturated rings. The lowest BCUT2D eigenvalue weighted by atomic mass is 9.90. The van der Waals surface area contributed by atoms with Gasteiger partial charge in [-0.3, -0.25) is 0 Å². The molecule has 10 rings (SSSR count). The number of hydrogen-bond acceptors (Lipinski definition) is 2. The number of para-hydroxylation sites is 4. The average molecular weight is 635 g/mol. The summed E-state index contributed by atoms with van der Waals surface area (Å²) in [6, 6.07) is 43.9. The monoisotopic (exact) mass is 634 g/mol. The lowest BCUT2D eigenvalue weighted by Crippen LogP contribution is -2.43. The van der Waals surface area contributed by atoms with Crippen molar-refractivity contribution >= 4 is 49.3 Å². The fourth-order valence-corrected chi connectivity index (χ4v) is 8.58. The van der Waals surface area contributed by atoms with Gasteiger partial charge < -0.3 is 19.8 Å². The highest BCUT2D eigenvalue weighted by molar-refractivity contribution is 6.25.